The number of benzene rings is 1. The summed E-state index contributed by atoms with van der Waals surface area (Å²) in [6.45, 7) is 0. The fourth-order valence-electron chi connectivity index (χ4n) is 0.826. The molecule has 1 aromatic carbocycles. The van der Waals surface area contributed by atoms with E-state index in [1.807, 2.05) is 0 Å². The molecule has 0 amide bonds. The lowest BCUT2D eigenvalue weighted by Crippen LogP contribution is -2.20. The summed E-state index contributed by atoms with van der Waals surface area (Å²) < 4.78 is 28.2. The van der Waals surface area contributed by atoms with Crippen LogP contribution >= 0.6 is 0 Å². The summed E-state index contributed by atoms with van der Waals surface area (Å²) in [5.74, 6) is -0.0216. The third-order valence-corrected chi connectivity index (χ3v) is 1.62. The summed E-state index contributed by atoms with van der Waals surface area (Å²) in [6, 6.07) is 5.82. The van der Waals surface area contributed by atoms with Gasteiger partial charge >= 0.3 is 17.8 Å². The molecule has 0 saturated heterocycles. The van der Waals surface area contributed by atoms with Crippen molar-refractivity contribution in [1.29, 1.82) is 0 Å². The number of hydrogen-bond acceptors (Lipinski definition) is 6. The van der Waals surface area contributed by atoms with Crippen LogP contribution in [0.15, 0.2) is 28.6 Å². The molecular formula is C6H6BNO5S. The Morgan fingerprint density at radius 1 is 1.29 bits per heavy atom. The zero-order valence-electron chi connectivity index (χ0n) is 6.86. The van der Waals surface area contributed by atoms with E-state index in [0.29, 0.717) is 0 Å². The second-order valence-corrected chi connectivity index (χ2v) is 2.84. The highest BCUT2D eigenvalue weighted by molar-refractivity contribution is 7.61. The second-order valence-electron chi connectivity index (χ2n) is 2.22. The summed E-state index contributed by atoms with van der Waals surface area (Å²) in [5.41, 5.74) is 0.00827. The molecule has 0 atom stereocenters. The van der Waals surface area contributed by atoms with E-state index >= 15 is 0 Å². The Hall–Kier alpha value is -1.38. The van der Waals surface area contributed by atoms with Gasteiger partial charge in [-0.2, -0.15) is 8.42 Å². The first-order chi connectivity index (χ1) is 6.59. The minimum Gasteiger partial charge on any atom is -0.510 e. The lowest BCUT2D eigenvalue weighted by molar-refractivity contribution is 0.288. The van der Waals surface area contributed by atoms with E-state index in [-0.39, 0.29) is 11.4 Å². The van der Waals surface area contributed by atoms with E-state index in [1.165, 1.54) is 12.1 Å². The van der Waals surface area contributed by atoms with Crippen LogP contribution < -0.4 is 4.65 Å². The highest BCUT2D eigenvalue weighted by Crippen LogP contribution is 2.26. The van der Waals surface area contributed by atoms with Gasteiger partial charge < -0.3 is 14.7 Å². The normalized spacial score (nSPS) is 9.29. The Kier molecular flexibility index (Phi) is 3.63. The molecule has 2 N–H and O–H groups in total. The van der Waals surface area contributed by atoms with Gasteiger partial charge in [0.2, 0.25) is 0 Å². The van der Waals surface area contributed by atoms with Crippen molar-refractivity contribution in [3.05, 3.63) is 24.3 Å². The Labute approximate surface area is 81.7 Å². The molecule has 0 unspecified atom stereocenters. The highest BCUT2D eigenvalue weighted by Gasteiger charge is 2.13. The van der Waals surface area contributed by atoms with E-state index in [2.05, 4.69) is 9.02 Å². The summed E-state index contributed by atoms with van der Waals surface area (Å²) >= 11 is 0. The molecule has 0 aliphatic rings. The van der Waals surface area contributed by atoms with Crippen molar-refractivity contribution >= 4 is 23.5 Å². The van der Waals surface area contributed by atoms with Gasteiger partial charge in [-0.05, 0) is 12.1 Å². The first-order valence-corrected chi connectivity index (χ1v) is 4.55. The van der Waals surface area contributed by atoms with Crippen LogP contribution in [0.25, 0.3) is 0 Å². The minimum absolute atomic E-state index is 0.00827. The van der Waals surface area contributed by atoms with E-state index in [0.717, 1.165) is 0 Å². The molecule has 8 heteroatoms. The standard InChI is InChI=1S/C6H6BNO5S/c9-7(10)13-6-4-2-1-3-5(6)8-14(11)12/h1-4,9-10H. The molecule has 0 bridgehead atoms. The van der Waals surface area contributed by atoms with Gasteiger partial charge in [0.15, 0.2) is 0 Å². The van der Waals surface area contributed by atoms with Gasteiger partial charge in [-0.3, -0.25) is 0 Å². The average molecular weight is 215 g/mol. The molecule has 0 radical (unpaired) electrons. The minimum atomic E-state index is -2.61. The van der Waals surface area contributed by atoms with Crippen LogP contribution in [0, 0.1) is 0 Å². The smallest absolute Gasteiger partial charge is 0.510 e. The highest BCUT2D eigenvalue weighted by atomic mass is 32.2. The van der Waals surface area contributed by atoms with Crippen molar-refractivity contribution in [1.82, 2.24) is 0 Å². The lowest BCUT2D eigenvalue weighted by Gasteiger charge is -2.05. The zero-order valence-corrected chi connectivity index (χ0v) is 7.68. The fourth-order valence-corrected chi connectivity index (χ4v) is 1.14. The number of nitrogens with zero attached hydrogens (tertiary/aromatic N) is 1. The van der Waals surface area contributed by atoms with Crippen molar-refractivity contribution in [3.63, 3.8) is 0 Å². The van der Waals surface area contributed by atoms with E-state index in [9.17, 15) is 8.42 Å². The molecule has 1 rings (SSSR count). The predicted molar refractivity (Wildman–Crippen MR) is 48.3 cm³/mol. The third kappa shape index (κ3) is 3.17. The molecule has 0 aliphatic heterocycles. The lowest BCUT2D eigenvalue weighted by atomic mass is 10.2. The summed E-state index contributed by atoms with van der Waals surface area (Å²) in [7, 11) is -4.62. The molecule has 14 heavy (non-hydrogen) atoms. The maximum Gasteiger partial charge on any atom is 0.707 e. The van der Waals surface area contributed by atoms with Crippen LogP contribution in [0.4, 0.5) is 5.69 Å². The summed E-state index contributed by atoms with van der Waals surface area (Å²) in [4.78, 5) is 0. The van der Waals surface area contributed by atoms with E-state index < -0.39 is 17.8 Å². The topological polar surface area (TPSA) is 96.2 Å². The van der Waals surface area contributed by atoms with Gasteiger partial charge in [-0.1, -0.05) is 12.1 Å². The first kappa shape index (κ1) is 10.7. The number of para-hydroxylation sites is 1. The van der Waals surface area contributed by atoms with Gasteiger partial charge in [-0.25, -0.2) is 0 Å². The largest absolute Gasteiger partial charge is 0.707 e. The third-order valence-electron chi connectivity index (χ3n) is 1.27. The van der Waals surface area contributed by atoms with Crippen LogP contribution in [-0.2, 0) is 10.5 Å². The molecule has 0 saturated carbocycles. The molecule has 1 aromatic rings. The van der Waals surface area contributed by atoms with Crippen molar-refractivity contribution < 1.29 is 23.1 Å². The maximum absolute atomic E-state index is 10.3. The Morgan fingerprint density at radius 3 is 2.50 bits per heavy atom. The second kappa shape index (κ2) is 4.75. The average Bonchev–Trinajstić information content (AvgIpc) is 2.06. The Morgan fingerprint density at radius 2 is 1.93 bits per heavy atom. The summed E-state index contributed by atoms with van der Waals surface area (Å²) in [6.07, 6.45) is 0. The quantitative estimate of drug-likeness (QED) is 0.676. The SMILES string of the molecule is O=S(=O)=Nc1ccccc1OB(O)O. The van der Waals surface area contributed by atoms with Crippen molar-refractivity contribution in [2.24, 2.45) is 4.36 Å². The fraction of sp³-hybridized carbons (Fsp3) is 0. The van der Waals surface area contributed by atoms with Crippen LogP contribution in [0.2, 0.25) is 0 Å². The summed E-state index contributed by atoms with van der Waals surface area (Å²) in [5, 5.41) is 17.0. The van der Waals surface area contributed by atoms with Gasteiger partial charge in [0.1, 0.15) is 11.4 Å². The monoisotopic (exact) mass is 215 g/mol. The van der Waals surface area contributed by atoms with E-state index in [4.69, 9.17) is 10.0 Å². The van der Waals surface area contributed by atoms with Gasteiger partial charge in [-0.15, -0.1) is 4.36 Å². The molecule has 0 spiro atoms. The zero-order chi connectivity index (χ0) is 10.6. The molecule has 6 nitrogen and oxygen atoms in total. The van der Waals surface area contributed by atoms with E-state index in [1.54, 1.807) is 12.1 Å². The molecule has 0 aromatic heterocycles. The van der Waals surface area contributed by atoms with Crippen LogP contribution in [0.3, 0.4) is 0 Å². The molecule has 0 fully saturated rings. The van der Waals surface area contributed by atoms with Crippen LogP contribution in [-0.4, -0.2) is 25.8 Å². The van der Waals surface area contributed by atoms with Crippen LogP contribution in [0.1, 0.15) is 0 Å². The molecule has 0 aliphatic carbocycles. The Balaban J connectivity index is 3.09. The molecule has 74 valence electrons. The van der Waals surface area contributed by atoms with Gasteiger partial charge in [0, 0.05) is 0 Å². The van der Waals surface area contributed by atoms with Gasteiger partial charge in [0.05, 0.1) is 0 Å². The molecular weight excluding hydrogens is 209 g/mol. The number of rotatable bonds is 3. The maximum atomic E-state index is 10.3. The van der Waals surface area contributed by atoms with Crippen molar-refractivity contribution in [2.45, 2.75) is 0 Å². The van der Waals surface area contributed by atoms with Gasteiger partial charge in [0.25, 0.3) is 0 Å². The Bertz CT molecular complexity index is 435. The molecule has 0 heterocycles. The number of hydrogen-bond donors (Lipinski definition) is 2. The van der Waals surface area contributed by atoms with Crippen molar-refractivity contribution in [2.75, 3.05) is 0 Å². The van der Waals surface area contributed by atoms with Crippen LogP contribution in [0.5, 0.6) is 5.75 Å². The first-order valence-electron chi connectivity index (χ1n) is 3.52. The predicted octanol–water partition coefficient (Wildman–Crippen LogP) is -0.271. The van der Waals surface area contributed by atoms with Crippen molar-refractivity contribution in [3.8, 4) is 5.75 Å².